The predicted octanol–water partition coefficient (Wildman–Crippen LogP) is 2.26. The Hall–Kier alpha value is -3.11. The molecule has 0 bridgehead atoms. The highest BCUT2D eigenvalue weighted by atomic mass is 32.2. The lowest BCUT2D eigenvalue weighted by Crippen LogP contribution is -2.28. The summed E-state index contributed by atoms with van der Waals surface area (Å²) in [6, 6.07) is 8.91. The summed E-state index contributed by atoms with van der Waals surface area (Å²) in [5, 5.41) is 6.10. The van der Waals surface area contributed by atoms with Gasteiger partial charge < -0.3 is 4.90 Å². The van der Waals surface area contributed by atoms with E-state index < -0.39 is 10.0 Å². The van der Waals surface area contributed by atoms with Gasteiger partial charge in [0.2, 0.25) is 10.0 Å². The fourth-order valence-electron chi connectivity index (χ4n) is 4.02. The highest BCUT2D eigenvalue weighted by Crippen LogP contribution is 2.26. The summed E-state index contributed by atoms with van der Waals surface area (Å²) in [6.07, 6.45) is 5.62. The molecule has 0 spiro atoms. The second kappa shape index (κ2) is 7.86. The third kappa shape index (κ3) is 3.72. The highest BCUT2D eigenvalue weighted by molar-refractivity contribution is 7.89. The molecule has 5 rings (SSSR count). The van der Waals surface area contributed by atoms with E-state index >= 15 is 0 Å². The molecule has 1 aliphatic rings. The zero-order valence-electron chi connectivity index (χ0n) is 17.2. The van der Waals surface area contributed by atoms with Crippen LogP contribution >= 0.6 is 0 Å². The second-order valence-electron chi connectivity index (χ2n) is 7.67. The van der Waals surface area contributed by atoms with Crippen molar-refractivity contribution in [3.05, 3.63) is 48.5 Å². The van der Waals surface area contributed by atoms with Gasteiger partial charge in [-0.3, -0.25) is 4.98 Å². The molecule has 4 heterocycles. The topological polar surface area (TPSA) is 106 Å². The van der Waals surface area contributed by atoms with Crippen LogP contribution in [0.5, 0.6) is 0 Å². The van der Waals surface area contributed by atoms with E-state index in [1.807, 2.05) is 25.1 Å². The maximum Gasteiger partial charge on any atom is 0.242 e. The summed E-state index contributed by atoms with van der Waals surface area (Å²) >= 11 is 0. The predicted molar refractivity (Wildman–Crippen MR) is 118 cm³/mol. The van der Waals surface area contributed by atoms with Gasteiger partial charge in [-0.15, -0.1) is 0 Å². The Morgan fingerprint density at radius 2 is 1.94 bits per heavy atom. The molecule has 0 aliphatic carbocycles. The van der Waals surface area contributed by atoms with E-state index in [1.165, 1.54) is 0 Å². The molecule has 1 aliphatic heterocycles. The van der Waals surface area contributed by atoms with Crippen molar-refractivity contribution in [1.29, 1.82) is 0 Å². The van der Waals surface area contributed by atoms with Crippen molar-refractivity contribution < 1.29 is 8.42 Å². The lowest BCUT2D eigenvalue weighted by molar-refractivity contribution is 0.565. The van der Waals surface area contributed by atoms with E-state index in [1.54, 1.807) is 29.3 Å². The molecule has 1 N–H and O–H groups in total. The fourth-order valence-corrected chi connectivity index (χ4v) is 5.21. The Kier molecular flexibility index (Phi) is 5.03. The molecule has 0 radical (unpaired) electrons. The average Bonchev–Trinajstić information content (AvgIpc) is 3.43. The number of sulfonamides is 1. The molecule has 0 amide bonds. The number of aromatic nitrogens is 5. The molecule has 31 heavy (non-hydrogen) atoms. The van der Waals surface area contributed by atoms with Crippen LogP contribution in [-0.2, 0) is 16.6 Å². The molecule has 1 fully saturated rings. The second-order valence-corrected chi connectivity index (χ2v) is 9.41. The third-order valence-electron chi connectivity index (χ3n) is 5.55. The maximum atomic E-state index is 13.0. The van der Waals surface area contributed by atoms with Gasteiger partial charge in [0.15, 0.2) is 5.65 Å². The van der Waals surface area contributed by atoms with Gasteiger partial charge in [0, 0.05) is 30.7 Å². The number of benzene rings is 1. The van der Waals surface area contributed by atoms with Crippen molar-refractivity contribution in [2.75, 3.05) is 24.5 Å². The number of aryl methyl sites for hydroxylation is 1. The van der Waals surface area contributed by atoms with E-state index in [0.29, 0.717) is 17.7 Å². The van der Waals surface area contributed by atoms with Crippen LogP contribution in [0.1, 0.15) is 18.5 Å². The largest absolute Gasteiger partial charge is 0.356 e. The molecule has 10 heteroatoms. The van der Waals surface area contributed by atoms with Gasteiger partial charge in [-0.05, 0) is 31.9 Å². The van der Waals surface area contributed by atoms with Crippen LogP contribution in [0.4, 0.5) is 5.82 Å². The van der Waals surface area contributed by atoms with Crippen LogP contribution < -0.4 is 9.62 Å². The van der Waals surface area contributed by atoms with Gasteiger partial charge in [-0.2, -0.15) is 5.10 Å². The SMILES string of the molecule is Cc1ccc2cccc(S(=O)(=O)NCCn3ncc4c(N5CCCC5)ncnc43)c2n1. The van der Waals surface area contributed by atoms with Crippen molar-refractivity contribution in [3.63, 3.8) is 0 Å². The minimum absolute atomic E-state index is 0.178. The first-order valence-electron chi connectivity index (χ1n) is 10.3. The van der Waals surface area contributed by atoms with Gasteiger partial charge in [0.1, 0.15) is 17.0 Å². The van der Waals surface area contributed by atoms with Crippen LogP contribution in [0.3, 0.4) is 0 Å². The third-order valence-corrected chi connectivity index (χ3v) is 7.04. The summed E-state index contributed by atoms with van der Waals surface area (Å²) in [5.74, 6) is 0.895. The summed E-state index contributed by atoms with van der Waals surface area (Å²) in [4.78, 5) is 15.7. The molecule has 0 saturated carbocycles. The maximum absolute atomic E-state index is 13.0. The van der Waals surface area contributed by atoms with Crippen molar-refractivity contribution in [2.45, 2.75) is 31.2 Å². The number of hydrogen-bond donors (Lipinski definition) is 1. The molecular weight excluding hydrogens is 414 g/mol. The van der Waals surface area contributed by atoms with E-state index in [0.717, 1.165) is 48.2 Å². The molecule has 9 nitrogen and oxygen atoms in total. The summed E-state index contributed by atoms with van der Waals surface area (Å²) < 4.78 is 30.3. The smallest absolute Gasteiger partial charge is 0.242 e. The van der Waals surface area contributed by atoms with Crippen molar-refractivity contribution in [1.82, 2.24) is 29.5 Å². The van der Waals surface area contributed by atoms with Crippen LogP contribution in [0.25, 0.3) is 21.9 Å². The first kappa shape index (κ1) is 19.8. The van der Waals surface area contributed by atoms with Gasteiger partial charge in [0.25, 0.3) is 0 Å². The Morgan fingerprint density at radius 1 is 1.10 bits per heavy atom. The van der Waals surface area contributed by atoms with E-state index in [-0.39, 0.29) is 11.4 Å². The number of nitrogens with one attached hydrogen (secondary N) is 1. The number of fused-ring (bicyclic) bond motifs is 2. The van der Waals surface area contributed by atoms with Crippen molar-refractivity contribution >= 4 is 37.8 Å². The quantitative estimate of drug-likeness (QED) is 0.493. The zero-order chi connectivity index (χ0) is 21.4. The minimum Gasteiger partial charge on any atom is -0.356 e. The molecule has 0 atom stereocenters. The first-order valence-corrected chi connectivity index (χ1v) is 11.8. The number of rotatable bonds is 6. The van der Waals surface area contributed by atoms with Gasteiger partial charge >= 0.3 is 0 Å². The number of pyridine rings is 1. The number of nitrogens with zero attached hydrogens (tertiary/aromatic N) is 6. The fraction of sp³-hybridized carbons (Fsp3) is 0.333. The lowest BCUT2D eigenvalue weighted by atomic mass is 10.2. The number of hydrogen-bond acceptors (Lipinski definition) is 7. The Balaban J connectivity index is 1.36. The Bertz CT molecular complexity index is 1360. The van der Waals surface area contributed by atoms with Crippen LogP contribution in [0.2, 0.25) is 0 Å². The van der Waals surface area contributed by atoms with Crippen molar-refractivity contribution in [2.24, 2.45) is 0 Å². The van der Waals surface area contributed by atoms with Crippen LogP contribution in [-0.4, -0.2) is 52.8 Å². The normalized spacial score (nSPS) is 14.7. The lowest BCUT2D eigenvalue weighted by Gasteiger charge is -2.16. The standard InChI is InChI=1S/C21H23N7O2S/c1-15-7-8-16-5-4-6-18(19(16)26-15)31(29,30)25-9-12-28-21-17(13-24-28)20(22-14-23-21)27-10-2-3-11-27/h4-8,13-14,25H,2-3,9-12H2,1H3. The van der Waals surface area contributed by atoms with Gasteiger partial charge in [-0.25, -0.2) is 27.8 Å². The average molecular weight is 438 g/mol. The summed E-state index contributed by atoms with van der Waals surface area (Å²) in [7, 11) is -3.73. The number of para-hydroxylation sites is 1. The molecule has 0 unspecified atom stereocenters. The molecule has 4 aromatic rings. The van der Waals surface area contributed by atoms with Gasteiger partial charge in [0.05, 0.1) is 23.6 Å². The van der Waals surface area contributed by atoms with Crippen LogP contribution in [0, 0.1) is 6.92 Å². The Labute approximate surface area is 180 Å². The van der Waals surface area contributed by atoms with E-state index in [2.05, 4.69) is 29.7 Å². The highest BCUT2D eigenvalue weighted by Gasteiger charge is 2.20. The Morgan fingerprint density at radius 3 is 2.77 bits per heavy atom. The summed E-state index contributed by atoms with van der Waals surface area (Å²) in [6.45, 7) is 4.35. The molecule has 3 aromatic heterocycles. The van der Waals surface area contributed by atoms with Crippen molar-refractivity contribution in [3.8, 4) is 0 Å². The number of anilines is 1. The van der Waals surface area contributed by atoms with E-state index in [4.69, 9.17) is 0 Å². The molecule has 1 aromatic carbocycles. The zero-order valence-corrected chi connectivity index (χ0v) is 18.0. The van der Waals surface area contributed by atoms with Crippen LogP contribution in [0.15, 0.2) is 47.8 Å². The van der Waals surface area contributed by atoms with E-state index in [9.17, 15) is 8.42 Å². The summed E-state index contributed by atoms with van der Waals surface area (Å²) in [5.41, 5.74) is 1.95. The molecule has 160 valence electrons. The molecule has 1 saturated heterocycles. The monoisotopic (exact) mass is 437 g/mol. The minimum atomic E-state index is -3.73. The van der Waals surface area contributed by atoms with Gasteiger partial charge in [-0.1, -0.05) is 18.2 Å². The molecular formula is C21H23N7O2S. The first-order chi connectivity index (χ1) is 15.0.